The van der Waals surface area contributed by atoms with Crippen molar-refractivity contribution in [3.8, 4) is 5.75 Å². The topological polar surface area (TPSA) is 75.6 Å². The first-order valence-electron chi connectivity index (χ1n) is 7.14. The number of para-hydroxylation sites is 1. The van der Waals surface area contributed by atoms with Gasteiger partial charge in [0.25, 0.3) is 5.91 Å². The minimum atomic E-state index is -0.930. The van der Waals surface area contributed by atoms with Crippen LogP contribution in [0.5, 0.6) is 5.75 Å². The molecule has 1 unspecified atom stereocenters. The number of carboxylic acids is 1. The molecule has 5 nitrogen and oxygen atoms in total. The molecule has 1 amide bonds. The molecule has 0 saturated carbocycles. The van der Waals surface area contributed by atoms with Gasteiger partial charge in [0.15, 0.2) is 6.10 Å². The van der Waals surface area contributed by atoms with Crippen molar-refractivity contribution in [3.63, 3.8) is 0 Å². The quantitative estimate of drug-likeness (QED) is 0.770. The van der Waals surface area contributed by atoms with Gasteiger partial charge in [-0.15, -0.1) is 0 Å². The third kappa shape index (κ3) is 6.29. The second-order valence-corrected chi connectivity index (χ2v) is 5.41. The molecule has 5 heteroatoms. The highest BCUT2D eigenvalue weighted by Crippen LogP contribution is 2.20. The molecule has 0 fully saturated rings. The van der Waals surface area contributed by atoms with Crippen molar-refractivity contribution in [2.75, 3.05) is 6.54 Å². The fourth-order valence-electron chi connectivity index (χ4n) is 1.80. The summed E-state index contributed by atoms with van der Waals surface area (Å²) in [4.78, 5) is 22.7. The predicted octanol–water partition coefficient (Wildman–Crippen LogP) is 2.24. The Hall–Kier alpha value is -2.04. The van der Waals surface area contributed by atoms with Gasteiger partial charge >= 0.3 is 5.97 Å². The van der Waals surface area contributed by atoms with E-state index in [2.05, 4.69) is 19.2 Å². The summed E-state index contributed by atoms with van der Waals surface area (Å²) in [6, 6.07) is 6.87. The fourth-order valence-corrected chi connectivity index (χ4v) is 1.80. The maximum Gasteiger partial charge on any atom is 0.307 e. The average Bonchev–Trinajstić information content (AvgIpc) is 2.39. The largest absolute Gasteiger partial charge is 0.481 e. The number of amides is 1. The Bertz CT molecular complexity index is 485. The Morgan fingerprint density at radius 2 is 1.90 bits per heavy atom. The van der Waals surface area contributed by atoms with Crippen LogP contribution in [-0.2, 0) is 16.0 Å². The van der Waals surface area contributed by atoms with Crippen LogP contribution in [0.25, 0.3) is 0 Å². The summed E-state index contributed by atoms with van der Waals surface area (Å²) >= 11 is 0. The van der Waals surface area contributed by atoms with E-state index < -0.39 is 12.1 Å². The zero-order valence-corrected chi connectivity index (χ0v) is 12.8. The average molecular weight is 293 g/mol. The summed E-state index contributed by atoms with van der Waals surface area (Å²) in [6.45, 7) is 6.45. The molecule has 1 rings (SSSR count). The van der Waals surface area contributed by atoms with Crippen LogP contribution in [0.3, 0.4) is 0 Å². The maximum absolute atomic E-state index is 11.9. The molecule has 21 heavy (non-hydrogen) atoms. The molecule has 0 radical (unpaired) electrons. The standard InChI is InChI=1S/C16H23NO4/c1-11(2)8-9-17-16(20)12(3)21-14-7-5-4-6-13(14)10-15(18)19/h4-7,11-12H,8-10H2,1-3H3,(H,17,20)(H,18,19). The van der Waals surface area contributed by atoms with Crippen LogP contribution in [0.4, 0.5) is 0 Å². The van der Waals surface area contributed by atoms with E-state index in [1.165, 1.54) is 0 Å². The van der Waals surface area contributed by atoms with Gasteiger partial charge < -0.3 is 15.2 Å². The van der Waals surface area contributed by atoms with Gasteiger partial charge in [-0.3, -0.25) is 9.59 Å². The van der Waals surface area contributed by atoms with Crippen LogP contribution in [0.15, 0.2) is 24.3 Å². The second-order valence-electron chi connectivity index (χ2n) is 5.41. The van der Waals surface area contributed by atoms with Crippen molar-refractivity contribution in [1.82, 2.24) is 5.32 Å². The van der Waals surface area contributed by atoms with Gasteiger partial charge in [-0.1, -0.05) is 32.0 Å². The third-order valence-corrected chi connectivity index (χ3v) is 3.01. The molecule has 1 aromatic rings. The number of carbonyl (C=O) groups excluding carboxylic acids is 1. The molecule has 1 aromatic carbocycles. The Balaban J connectivity index is 2.59. The van der Waals surface area contributed by atoms with Crippen molar-refractivity contribution >= 4 is 11.9 Å². The third-order valence-electron chi connectivity index (χ3n) is 3.01. The van der Waals surface area contributed by atoms with E-state index >= 15 is 0 Å². The normalized spacial score (nSPS) is 12.0. The molecule has 0 aromatic heterocycles. The molecule has 0 bridgehead atoms. The minimum Gasteiger partial charge on any atom is -0.481 e. The van der Waals surface area contributed by atoms with Crippen molar-refractivity contribution in [3.05, 3.63) is 29.8 Å². The number of rotatable bonds is 8. The maximum atomic E-state index is 11.9. The molecule has 0 spiro atoms. The first kappa shape index (κ1) is 17.0. The monoisotopic (exact) mass is 293 g/mol. The highest BCUT2D eigenvalue weighted by atomic mass is 16.5. The van der Waals surface area contributed by atoms with E-state index in [-0.39, 0.29) is 12.3 Å². The molecular weight excluding hydrogens is 270 g/mol. The van der Waals surface area contributed by atoms with Gasteiger partial charge in [0.2, 0.25) is 0 Å². The number of hydrogen-bond acceptors (Lipinski definition) is 3. The molecule has 0 heterocycles. The molecule has 0 saturated heterocycles. The van der Waals surface area contributed by atoms with Gasteiger partial charge in [-0.05, 0) is 25.3 Å². The number of nitrogens with one attached hydrogen (secondary N) is 1. The van der Waals surface area contributed by atoms with E-state index in [0.29, 0.717) is 23.8 Å². The van der Waals surface area contributed by atoms with E-state index in [4.69, 9.17) is 9.84 Å². The van der Waals surface area contributed by atoms with Crippen molar-refractivity contribution < 1.29 is 19.4 Å². The van der Waals surface area contributed by atoms with Crippen LogP contribution in [0, 0.1) is 5.92 Å². The number of aliphatic carboxylic acids is 1. The van der Waals surface area contributed by atoms with E-state index in [9.17, 15) is 9.59 Å². The Labute approximate surface area is 125 Å². The van der Waals surface area contributed by atoms with Gasteiger partial charge in [0.05, 0.1) is 6.42 Å². The molecule has 0 aliphatic carbocycles. The van der Waals surface area contributed by atoms with Crippen LogP contribution in [0.1, 0.15) is 32.8 Å². The van der Waals surface area contributed by atoms with Crippen molar-refractivity contribution in [2.45, 2.75) is 39.7 Å². The minimum absolute atomic E-state index is 0.127. The molecule has 0 aliphatic heterocycles. The van der Waals surface area contributed by atoms with Gasteiger partial charge in [-0.25, -0.2) is 0 Å². The van der Waals surface area contributed by atoms with Gasteiger partial charge in [0.1, 0.15) is 5.75 Å². The first-order valence-corrected chi connectivity index (χ1v) is 7.14. The number of ether oxygens (including phenoxy) is 1. The first-order chi connectivity index (χ1) is 9.90. The molecular formula is C16H23NO4. The van der Waals surface area contributed by atoms with Crippen molar-refractivity contribution in [1.29, 1.82) is 0 Å². The smallest absolute Gasteiger partial charge is 0.307 e. The Kier molecular flexibility index (Phi) is 6.72. The van der Waals surface area contributed by atoms with Crippen molar-refractivity contribution in [2.24, 2.45) is 5.92 Å². The van der Waals surface area contributed by atoms with Crippen LogP contribution < -0.4 is 10.1 Å². The Morgan fingerprint density at radius 3 is 2.52 bits per heavy atom. The van der Waals surface area contributed by atoms with E-state index in [0.717, 1.165) is 6.42 Å². The lowest BCUT2D eigenvalue weighted by Crippen LogP contribution is -2.37. The fraction of sp³-hybridized carbons (Fsp3) is 0.500. The predicted molar refractivity (Wildman–Crippen MR) is 80.3 cm³/mol. The molecule has 1 atom stereocenters. The Morgan fingerprint density at radius 1 is 1.24 bits per heavy atom. The highest BCUT2D eigenvalue weighted by Gasteiger charge is 2.16. The van der Waals surface area contributed by atoms with E-state index in [1.807, 2.05) is 0 Å². The number of carboxylic acid groups (broad SMARTS) is 1. The molecule has 0 aliphatic rings. The highest BCUT2D eigenvalue weighted by molar-refractivity contribution is 5.80. The van der Waals surface area contributed by atoms with Gasteiger partial charge in [-0.2, -0.15) is 0 Å². The lowest BCUT2D eigenvalue weighted by atomic mass is 10.1. The summed E-state index contributed by atoms with van der Waals surface area (Å²) in [7, 11) is 0. The SMILES string of the molecule is CC(C)CCNC(=O)C(C)Oc1ccccc1CC(=O)O. The zero-order chi connectivity index (χ0) is 15.8. The number of carbonyl (C=O) groups is 2. The van der Waals surface area contributed by atoms with Crippen LogP contribution in [0.2, 0.25) is 0 Å². The van der Waals surface area contributed by atoms with Gasteiger partial charge in [0, 0.05) is 12.1 Å². The lowest BCUT2D eigenvalue weighted by Gasteiger charge is -2.17. The summed E-state index contributed by atoms with van der Waals surface area (Å²) in [5.41, 5.74) is 0.562. The zero-order valence-electron chi connectivity index (χ0n) is 12.8. The summed E-state index contributed by atoms with van der Waals surface area (Å²) in [5.74, 6) is -0.162. The summed E-state index contributed by atoms with van der Waals surface area (Å²) < 4.78 is 5.59. The number of hydrogen-bond donors (Lipinski definition) is 2. The molecule has 2 N–H and O–H groups in total. The lowest BCUT2D eigenvalue weighted by molar-refractivity contribution is -0.136. The summed E-state index contributed by atoms with van der Waals surface area (Å²) in [5, 5.41) is 11.7. The molecule has 116 valence electrons. The second kappa shape index (κ2) is 8.29. The number of benzene rings is 1. The summed E-state index contributed by atoms with van der Waals surface area (Å²) in [6.07, 6.45) is 0.124. The van der Waals surface area contributed by atoms with Crippen LogP contribution in [-0.4, -0.2) is 29.6 Å². The van der Waals surface area contributed by atoms with Crippen LogP contribution >= 0.6 is 0 Å². The van der Waals surface area contributed by atoms with E-state index in [1.54, 1.807) is 31.2 Å².